The van der Waals surface area contributed by atoms with Gasteiger partial charge >= 0.3 is 0 Å². The molecule has 1 aliphatic heterocycles. The van der Waals surface area contributed by atoms with Crippen molar-refractivity contribution in [2.75, 3.05) is 19.7 Å². The van der Waals surface area contributed by atoms with Gasteiger partial charge in [0.25, 0.3) is 0 Å². The smallest absolute Gasteiger partial charge is 0.237 e. The number of hydrogen-bond donors (Lipinski definition) is 1. The molecule has 0 aromatic heterocycles. The summed E-state index contributed by atoms with van der Waals surface area (Å²) >= 11 is 0. The van der Waals surface area contributed by atoms with E-state index in [0.29, 0.717) is 19.7 Å². The maximum absolute atomic E-state index is 11.6. The van der Waals surface area contributed by atoms with E-state index >= 15 is 0 Å². The van der Waals surface area contributed by atoms with Crippen LogP contribution in [0.3, 0.4) is 0 Å². The second-order valence-electron chi connectivity index (χ2n) is 4.00. The molecule has 0 saturated carbocycles. The van der Waals surface area contributed by atoms with E-state index in [-0.39, 0.29) is 18.2 Å². The second-order valence-corrected chi connectivity index (χ2v) is 4.00. The number of rotatable bonds is 6. The molecule has 1 aliphatic rings. The van der Waals surface area contributed by atoms with E-state index in [1.807, 2.05) is 18.7 Å². The molecule has 88 valence electrons. The molecule has 1 N–H and O–H groups in total. The summed E-state index contributed by atoms with van der Waals surface area (Å²) in [6, 6.07) is 0. The van der Waals surface area contributed by atoms with Gasteiger partial charge in [-0.2, -0.15) is 0 Å². The molecule has 0 spiro atoms. The van der Waals surface area contributed by atoms with Gasteiger partial charge in [-0.25, -0.2) is 0 Å². The predicted octanol–water partition coefficient (Wildman–Crippen LogP) is 0.969. The van der Waals surface area contributed by atoms with Crippen molar-refractivity contribution in [1.82, 2.24) is 10.2 Å². The van der Waals surface area contributed by atoms with Crippen LogP contribution >= 0.6 is 0 Å². The van der Waals surface area contributed by atoms with Gasteiger partial charge in [-0.05, 0) is 20.3 Å². The van der Waals surface area contributed by atoms with Crippen molar-refractivity contribution in [2.45, 2.75) is 45.9 Å². The summed E-state index contributed by atoms with van der Waals surface area (Å²) in [5, 5.41) is 3.23. The minimum absolute atomic E-state index is 0.123. The Bertz CT molecular complexity index is 209. The van der Waals surface area contributed by atoms with Gasteiger partial charge in [0.05, 0.1) is 18.8 Å². The van der Waals surface area contributed by atoms with Crippen molar-refractivity contribution < 1.29 is 9.53 Å². The Kier molecular flexibility index (Phi) is 5.05. The van der Waals surface area contributed by atoms with Gasteiger partial charge in [-0.3, -0.25) is 10.1 Å². The van der Waals surface area contributed by atoms with Crippen LogP contribution in [0.15, 0.2) is 0 Å². The lowest BCUT2D eigenvalue weighted by molar-refractivity contribution is -0.129. The zero-order chi connectivity index (χ0) is 11.3. The summed E-state index contributed by atoms with van der Waals surface area (Å²) in [4.78, 5) is 13.5. The molecule has 0 bridgehead atoms. The maximum atomic E-state index is 11.6. The Hall–Kier alpha value is -0.610. The summed E-state index contributed by atoms with van der Waals surface area (Å²) in [6.45, 7) is 8.00. The Labute approximate surface area is 92.0 Å². The minimum atomic E-state index is 0.123. The van der Waals surface area contributed by atoms with Gasteiger partial charge in [0, 0.05) is 13.2 Å². The first-order chi connectivity index (χ1) is 7.19. The van der Waals surface area contributed by atoms with Gasteiger partial charge in [-0.15, -0.1) is 0 Å². The van der Waals surface area contributed by atoms with Crippen LogP contribution in [0.4, 0.5) is 0 Å². The molecule has 15 heavy (non-hydrogen) atoms. The quantitative estimate of drug-likeness (QED) is 0.716. The van der Waals surface area contributed by atoms with E-state index in [2.05, 4.69) is 12.2 Å². The number of ether oxygens (including phenoxy) is 1. The molecule has 0 radical (unpaired) electrons. The fourth-order valence-electron chi connectivity index (χ4n) is 1.97. The molecular formula is C11H22N2O2. The van der Waals surface area contributed by atoms with Crippen LogP contribution in [-0.2, 0) is 9.53 Å². The largest absolute Gasteiger partial charge is 0.377 e. The highest BCUT2D eigenvalue weighted by molar-refractivity contribution is 5.80. The summed E-state index contributed by atoms with van der Waals surface area (Å²) in [7, 11) is 0. The molecule has 1 heterocycles. The number of nitrogens with one attached hydrogen (secondary N) is 1. The molecule has 0 aromatic rings. The van der Waals surface area contributed by atoms with Crippen molar-refractivity contribution >= 4 is 5.91 Å². The number of amides is 1. The molecule has 2 atom stereocenters. The highest BCUT2D eigenvalue weighted by atomic mass is 16.5. The van der Waals surface area contributed by atoms with Gasteiger partial charge in [-0.1, -0.05) is 13.3 Å². The number of nitrogens with zero attached hydrogens (tertiary/aromatic N) is 1. The fraction of sp³-hybridized carbons (Fsp3) is 0.909. The Balaban J connectivity index is 2.45. The van der Waals surface area contributed by atoms with E-state index in [9.17, 15) is 4.79 Å². The summed E-state index contributed by atoms with van der Waals surface area (Å²) < 4.78 is 5.46. The zero-order valence-electron chi connectivity index (χ0n) is 9.95. The van der Waals surface area contributed by atoms with Crippen LogP contribution in [0.2, 0.25) is 0 Å². The van der Waals surface area contributed by atoms with Crippen LogP contribution in [0, 0.1) is 0 Å². The van der Waals surface area contributed by atoms with Crippen LogP contribution < -0.4 is 5.32 Å². The molecule has 0 aromatic carbocycles. The van der Waals surface area contributed by atoms with Crippen molar-refractivity contribution in [3.8, 4) is 0 Å². The summed E-state index contributed by atoms with van der Waals surface area (Å²) in [5.74, 6) is 0.194. The topological polar surface area (TPSA) is 41.6 Å². The van der Waals surface area contributed by atoms with E-state index in [1.165, 1.54) is 0 Å². The third-order valence-electron chi connectivity index (χ3n) is 2.65. The van der Waals surface area contributed by atoms with Crippen molar-refractivity contribution in [3.63, 3.8) is 0 Å². The molecule has 4 heteroatoms. The average Bonchev–Trinajstić information content (AvgIpc) is 2.51. The van der Waals surface area contributed by atoms with Gasteiger partial charge in [0.2, 0.25) is 5.91 Å². The predicted molar refractivity (Wildman–Crippen MR) is 59.5 cm³/mol. The molecule has 1 fully saturated rings. The summed E-state index contributed by atoms with van der Waals surface area (Å²) in [5.41, 5.74) is 0. The molecule has 2 unspecified atom stereocenters. The van der Waals surface area contributed by atoms with Crippen molar-refractivity contribution in [2.24, 2.45) is 0 Å². The minimum Gasteiger partial charge on any atom is -0.377 e. The van der Waals surface area contributed by atoms with E-state index in [0.717, 1.165) is 12.8 Å². The molecule has 1 amide bonds. The third kappa shape index (κ3) is 3.47. The number of carbonyl (C=O) groups excluding carboxylic acids is 1. The first kappa shape index (κ1) is 12.5. The van der Waals surface area contributed by atoms with Crippen molar-refractivity contribution in [3.05, 3.63) is 0 Å². The lowest BCUT2D eigenvalue weighted by atomic mass is 10.2. The number of carbonyl (C=O) groups is 1. The Morgan fingerprint density at radius 1 is 1.60 bits per heavy atom. The lowest BCUT2D eigenvalue weighted by Crippen LogP contribution is -2.41. The molecule has 1 rings (SSSR count). The van der Waals surface area contributed by atoms with Crippen LogP contribution in [0.1, 0.15) is 33.6 Å². The van der Waals surface area contributed by atoms with Gasteiger partial charge in [0.15, 0.2) is 0 Å². The van der Waals surface area contributed by atoms with Gasteiger partial charge < -0.3 is 9.64 Å². The zero-order valence-corrected chi connectivity index (χ0v) is 9.95. The first-order valence-electron chi connectivity index (χ1n) is 5.83. The normalized spacial score (nSPS) is 23.5. The second kappa shape index (κ2) is 6.08. The standard InChI is InChI=1S/C11H22N2O2/c1-4-6-10-12-7-11(14)13(10)8-9(3)15-5-2/h9-10,12H,4-8H2,1-3H3. The Morgan fingerprint density at radius 2 is 2.33 bits per heavy atom. The Morgan fingerprint density at radius 3 is 2.93 bits per heavy atom. The van der Waals surface area contributed by atoms with E-state index in [1.54, 1.807) is 0 Å². The SMILES string of the molecule is CCCC1NCC(=O)N1CC(C)OCC. The number of hydrogen-bond acceptors (Lipinski definition) is 3. The van der Waals surface area contributed by atoms with Crippen molar-refractivity contribution in [1.29, 1.82) is 0 Å². The highest BCUT2D eigenvalue weighted by Crippen LogP contribution is 2.11. The third-order valence-corrected chi connectivity index (χ3v) is 2.65. The first-order valence-corrected chi connectivity index (χ1v) is 5.83. The van der Waals surface area contributed by atoms with Gasteiger partial charge in [0.1, 0.15) is 0 Å². The van der Waals surface area contributed by atoms with Crippen LogP contribution in [0.5, 0.6) is 0 Å². The van der Waals surface area contributed by atoms with Crippen LogP contribution in [0.25, 0.3) is 0 Å². The van der Waals surface area contributed by atoms with E-state index < -0.39 is 0 Å². The van der Waals surface area contributed by atoms with E-state index in [4.69, 9.17) is 4.74 Å². The monoisotopic (exact) mass is 214 g/mol. The summed E-state index contributed by atoms with van der Waals surface area (Å²) in [6.07, 6.45) is 2.44. The molecule has 4 nitrogen and oxygen atoms in total. The lowest BCUT2D eigenvalue weighted by Gasteiger charge is -2.26. The fourth-order valence-corrected chi connectivity index (χ4v) is 1.97. The highest BCUT2D eigenvalue weighted by Gasteiger charge is 2.30. The average molecular weight is 214 g/mol. The van der Waals surface area contributed by atoms with Crippen LogP contribution in [-0.4, -0.2) is 42.8 Å². The molecule has 1 saturated heterocycles. The maximum Gasteiger partial charge on any atom is 0.237 e. The molecular weight excluding hydrogens is 192 g/mol. The molecule has 0 aliphatic carbocycles.